The molecule has 0 atom stereocenters. The number of carbonyl (C=O) groups excluding carboxylic acids is 1. The number of aryl methyl sites for hydroxylation is 1. The van der Waals surface area contributed by atoms with Gasteiger partial charge in [-0.3, -0.25) is 14.2 Å². The number of benzene rings is 2. The molecule has 0 aliphatic carbocycles. The fourth-order valence-electron chi connectivity index (χ4n) is 2.33. The molecular weight excluding hydrogens is 296 g/mol. The van der Waals surface area contributed by atoms with Gasteiger partial charge in [0, 0.05) is 5.69 Å². The van der Waals surface area contributed by atoms with E-state index in [4.69, 9.17) is 0 Å². The summed E-state index contributed by atoms with van der Waals surface area (Å²) in [6.07, 6.45) is 0.963. The van der Waals surface area contributed by atoms with Crippen molar-refractivity contribution in [3.05, 3.63) is 63.8 Å². The van der Waals surface area contributed by atoms with Crippen molar-refractivity contribution in [2.75, 3.05) is 5.32 Å². The van der Waals surface area contributed by atoms with Crippen molar-refractivity contribution >= 4 is 33.1 Å². The Bertz CT molecular complexity index is 862. The van der Waals surface area contributed by atoms with E-state index < -0.39 is 0 Å². The first-order valence-corrected chi connectivity index (χ1v) is 7.96. The summed E-state index contributed by atoms with van der Waals surface area (Å²) in [5.41, 5.74) is 2.77. The molecule has 0 aliphatic rings. The molecule has 1 N–H and O–H groups in total. The molecule has 0 bridgehead atoms. The molecule has 3 aromatic rings. The number of nitrogens with zero attached hydrogens (tertiary/aromatic N) is 1. The number of rotatable bonds is 4. The Kier molecular flexibility index (Phi) is 4.06. The fraction of sp³-hybridized carbons (Fsp3) is 0.176. The Balaban J connectivity index is 1.78. The zero-order valence-corrected chi connectivity index (χ0v) is 13.0. The number of nitrogens with one attached hydrogen (secondary N) is 1. The molecule has 0 spiro atoms. The van der Waals surface area contributed by atoms with Gasteiger partial charge in [0.25, 0.3) is 0 Å². The number of hydrogen-bond donors (Lipinski definition) is 1. The van der Waals surface area contributed by atoms with E-state index in [1.165, 1.54) is 10.1 Å². The molecule has 0 radical (unpaired) electrons. The Morgan fingerprint density at radius 2 is 1.86 bits per heavy atom. The largest absolute Gasteiger partial charge is 0.325 e. The first kappa shape index (κ1) is 14.5. The van der Waals surface area contributed by atoms with Crippen molar-refractivity contribution < 1.29 is 4.79 Å². The number of fused-ring (bicyclic) bond motifs is 1. The van der Waals surface area contributed by atoms with Gasteiger partial charge in [0.05, 0.1) is 10.2 Å². The summed E-state index contributed by atoms with van der Waals surface area (Å²) in [6.45, 7) is 2.11. The van der Waals surface area contributed by atoms with Crippen LogP contribution in [0.4, 0.5) is 5.69 Å². The van der Waals surface area contributed by atoms with Crippen LogP contribution in [0.2, 0.25) is 0 Å². The van der Waals surface area contributed by atoms with Gasteiger partial charge in [-0.15, -0.1) is 0 Å². The van der Waals surface area contributed by atoms with Crippen LogP contribution in [0.25, 0.3) is 10.2 Å². The highest BCUT2D eigenvalue weighted by Gasteiger charge is 2.11. The van der Waals surface area contributed by atoms with Crippen LogP contribution in [0.3, 0.4) is 0 Å². The molecule has 1 aromatic heterocycles. The lowest BCUT2D eigenvalue weighted by Crippen LogP contribution is -2.24. The van der Waals surface area contributed by atoms with Gasteiger partial charge < -0.3 is 5.32 Å². The molecule has 0 aliphatic heterocycles. The number of amides is 1. The minimum Gasteiger partial charge on any atom is -0.325 e. The minimum atomic E-state index is -0.199. The number of hydrogen-bond acceptors (Lipinski definition) is 3. The second-order valence-electron chi connectivity index (χ2n) is 5.02. The molecule has 0 unspecified atom stereocenters. The lowest BCUT2D eigenvalue weighted by Gasteiger charge is -2.07. The molecule has 1 heterocycles. The third-order valence-corrected chi connectivity index (χ3v) is 4.48. The third kappa shape index (κ3) is 2.94. The topological polar surface area (TPSA) is 51.1 Å². The maximum Gasteiger partial charge on any atom is 0.308 e. The van der Waals surface area contributed by atoms with E-state index in [2.05, 4.69) is 12.2 Å². The van der Waals surface area contributed by atoms with Crippen LogP contribution in [-0.4, -0.2) is 10.5 Å². The maximum atomic E-state index is 12.2. The summed E-state index contributed by atoms with van der Waals surface area (Å²) < 4.78 is 2.41. The molecule has 5 heteroatoms. The molecule has 4 nitrogen and oxygen atoms in total. The zero-order chi connectivity index (χ0) is 15.5. The van der Waals surface area contributed by atoms with Crippen molar-refractivity contribution in [1.82, 2.24) is 4.57 Å². The Morgan fingerprint density at radius 3 is 2.59 bits per heavy atom. The number of thiazole rings is 1. The van der Waals surface area contributed by atoms with Crippen LogP contribution < -0.4 is 10.2 Å². The maximum absolute atomic E-state index is 12.2. The number of carbonyl (C=O) groups is 1. The number of aromatic nitrogens is 1. The lowest BCUT2D eigenvalue weighted by molar-refractivity contribution is -0.116. The van der Waals surface area contributed by atoms with Crippen molar-refractivity contribution in [3.63, 3.8) is 0 Å². The van der Waals surface area contributed by atoms with Crippen LogP contribution in [-0.2, 0) is 17.8 Å². The lowest BCUT2D eigenvalue weighted by atomic mass is 10.1. The van der Waals surface area contributed by atoms with Crippen molar-refractivity contribution in [3.8, 4) is 0 Å². The van der Waals surface area contributed by atoms with Crippen molar-refractivity contribution in [1.29, 1.82) is 0 Å². The van der Waals surface area contributed by atoms with Gasteiger partial charge in [-0.25, -0.2) is 0 Å². The quantitative estimate of drug-likeness (QED) is 0.804. The van der Waals surface area contributed by atoms with E-state index in [1.54, 1.807) is 0 Å². The Morgan fingerprint density at radius 1 is 1.14 bits per heavy atom. The highest BCUT2D eigenvalue weighted by molar-refractivity contribution is 7.16. The van der Waals surface area contributed by atoms with Gasteiger partial charge in [0.15, 0.2) is 0 Å². The second-order valence-corrected chi connectivity index (χ2v) is 6.01. The number of anilines is 1. The van der Waals surface area contributed by atoms with E-state index >= 15 is 0 Å². The van der Waals surface area contributed by atoms with Crippen LogP contribution in [0.5, 0.6) is 0 Å². The second kappa shape index (κ2) is 6.15. The predicted molar refractivity (Wildman–Crippen MR) is 90.5 cm³/mol. The minimum absolute atomic E-state index is 0.0262. The summed E-state index contributed by atoms with van der Waals surface area (Å²) in [4.78, 5) is 24.1. The molecule has 1 amide bonds. The molecular formula is C17H16N2O2S. The van der Waals surface area contributed by atoms with Gasteiger partial charge in [-0.05, 0) is 36.2 Å². The van der Waals surface area contributed by atoms with Gasteiger partial charge in [0.1, 0.15) is 6.54 Å². The van der Waals surface area contributed by atoms with Crippen LogP contribution in [0.15, 0.2) is 53.3 Å². The average molecular weight is 312 g/mol. The van der Waals surface area contributed by atoms with Crippen LogP contribution in [0.1, 0.15) is 12.5 Å². The predicted octanol–water partition coefficient (Wildman–Crippen LogP) is 3.26. The third-order valence-electron chi connectivity index (χ3n) is 3.52. The van der Waals surface area contributed by atoms with Crippen molar-refractivity contribution in [2.24, 2.45) is 0 Å². The van der Waals surface area contributed by atoms with E-state index in [-0.39, 0.29) is 17.3 Å². The number of para-hydroxylation sites is 1. The van der Waals surface area contributed by atoms with Gasteiger partial charge >= 0.3 is 4.87 Å². The summed E-state index contributed by atoms with van der Waals surface area (Å²) in [5.74, 6) is -0.199. The Hall–Kier alpha value is -2.40. The molecule has 0 saturated carbocycles. The van der Waals surface area contributed by atoms with Crippen molar-refractivity contribution in [2.45, 2.75) is 19.9 Å². The van der Waals surface area contributed by atoms with E-state index in [9.17, 15) is 9.59 Å². The smallest absolute Gasteiger partial charge is 0.308 e. The monoisotopic (exact) mass is 312 g/mol. The first-order chi connectivity index (χ1) is 10.7. The van der Waals surface area contributed by atoms with E-state index in [1.807, 2.05) is 48.5 Å². The standard InChI is InChI=1S/C17H16N2O2S/c1-2-12-7-9-13(10-8-12)18-16(20)11-19-14-5-3-4-6-15(14)22-17(19)21/h3-10H,2,11H2,1H3,(H,18,20). The molecule has 3 rings (SSSR count). The van der Waals surface area contributed by atoms with Gasteiger partial charge in [-0.1, -0.05) is 42.5 Å². The van der Waals surface area contributed by atoms with E-state index in [0.717, 1.165) is 33.7 Å². The Labute approximate surface area is 132 Å². The zero-order valence-electron chi connectivity index (χ0n) is 12.2. The summed E-state index contributed by atoms with van der Waals surface area (Å²) in [5, 5.41) is 2.83. The highest BCUT2D eigenvalue weighted by Crippen LogP contribution is 2.16. The summed E-state index contributed by atoms with van der Waals surface area (Å²) in [7, 11) is 0. The molecule has 2 aromatic carbocycles. The van der Waals surface area contributed by atoms with Gasteiger partial charge in [-0.2, -0.15) is 0 Å². The molecule has 112 valence electrons. The highest BCUT2D eigenvalue weighted by atomic mass is 32.1. The molecule has 22 heavy (non-hydrogen) atoms. The van der Waals surface area contributed by atoms with Crippen LogP contribution >= 0.6 is 11.3 Å². The van der Waals surface area contributed by atoms with Crippen LogP contribution in [0, 0.1) is 0 Å². The average Bonchev–Trinajstić information content (AvgIpc) is 2.84. The summed E-state index contributed by atoms with van der Waals surface area (Å²) >= 11 is 1.16. The normalized spacial score (nSPS) is 10.8. The first-order valence-electron chi connectivity index (χ1n) is 7.14. The molecule has 0 fully saturated rings. The van der Waals surface area contributed by atoms with Gasteiger partial charge in [0.2, 0.25) is 5.91 Å². The molecule has 0 saturated heterocycles. The summed E-state index contributed by atoms with van der Waals surface area (Å²) in [6, 6.07) is 15.2. The van der Waals surface area contributed by atoms with E-state index in [0.29, 0.717) is 0 Å². The fourth-order valence-corrected chi connectivity index (χ4v) is 3.22. The SMILES string of the molecule is CCc1ccc(NC(=O)Cn2c(=O)sc3ccccc32)cc1.